The third-order valence-corrected chi connectivity index (χ3v) is 5.34. The van der Waals surface area contributed by atoms with E-state index in [4.69, 9.17) is 0 Å². The highest BCUT2D eigenvalue weighted by Crippen LogP contribution is 2.37. The van der Waals surface area contributed by atoms with E-state index in [-0.39, 0.29) is 16.8 Å². The lowest BCUT2D eigenvalue weighted by Gasteiger charge is -2.13. The van der Waals surface area contributed by atoms with Crippen molar-refractivity contribution >= 4 is 39.2 Å². The van der Waals surface area contributed by atoms with E-state index >= 15 is 0 Å². The maximum absolute atomic E-state index is 13.4. The monoisotopic (exact) mass is 490 g/mol. The lowest BCUT2D eigenvalue weighted by molar-refractivity contribution is -0.137. The summed E-state index contributed by atoms with van der Waals surface area (Å²) in [5, 5.41) is 4.41. The molecule has 1 amide bonds. The Morgan fingerprint density at radius 2 is 1.91 bits per heavy atom. The highest BCUT2D eigenvalue weighted by Gasteiger charge is 2.33. The standard InChI is InChI=1S/C22H17F3N4O4S/c1-29(33-34(31)32)16-6-5-14-10-20(28-19(14)11-16)21(30)27-15-4-2-3-13(9-15)17-12-26-8-7-18(17)22(23,24)25/h2-12,28,34H,1H3,(H,27,30). The summed E-state index contributed by atoms with van der Waals surface area (Å²) in [7, 11) is -1.66. The Morgan fingerprint density at radius 3 is 2.65 bits per heavy atom. The minimum absolute atomic E-state index is 0.101. The second kappa shape index (κ2) is 9.15. The molecule has 0 bridgehead atoms. The van der Waals surface area contributed by atoms with Gasteiger partial charge in [0.15, 0.2) is 0 Å². The molecule has 0 aliphatic heterocycles. The van der Waals surface area contributed by atoms with E-state index in [1.54, 1.807) is 30.3 Å². The van der Waals surface area contributed by atoms with Crippen molar-refractivity contribution in [3.63, 3.8) is 0 Å². The number of carbonyl (C=O) groups excluding carboxylic acids is 1. The summed E-state index contributed by atoms with van der Waals surface area (Å²) in [6.07, 6.45) is -2.35. The molecule has 8 nitrogen and oxygen atoms in total. The number of aromatic nitrogens is 2. The normalized spacial score (nSPS) is 11.7. The van der Waals surface area contributed by atoms with E-state index in [0.29, 0.717) is 22.3 Å². The topological polar surface area (TPSA) is 104 Å². The lowest BCUT2D eigenvalue weighted by Crippen LogP contribution is -2.16. The molecule has 0 radical (unpaired) electrons. The summed E-state index contributed by atoms with van der Waals surface area (Å²) in [5.41, 5.74) is 0.811. The number of fused-ring (bicyclic) bond motifs is 1. The Morgan fingerprint density at radius 1 is 1.12 bits per heavy atom. The first-order valence-electron chi connectivity index (χ1n) is 9.74. The summed E-state index contributed by atoms with van der Waals surface area (Å²) in [6, 6.07) is 13.4. The fourth-order valence-corrected chi connectivity index (χ4v) is 3.71. The molecule has 0 fully saturated rings. The third kappa shape index (κ3) is 5.02. The van der Waals surface area contributed by atoms with Crippen LogP contribution in [0, 0.1) is 0 Å². The van der Waals surface area contributed by atoms with Gasteiger partial charge in [0.1, 0.15) is 5.69 Å². The van der Waals surface area contributed by atoms with Crippen LogP contribution in [0.3, 0.4) is 0 Å². The summed E-state index contributed by atoms with van der Waals surface area (Å²) in [6.45, 7) is 0. The zero-order chi connectivity index (χ0) is 24.5. The molecular formula is C22H17F3N4O4S. The van der Waals surface area contributed by atoms with Crippen LogP contribution in [0.1, 0.15) is 16.1 Å². The van der Waals surface area contributed by atoms with Gasteiger partial charge in [-0.1, -0.05) is 18.2 Å². The van der Waals surface area contributed by atoms with Crippen molar-refractivity contribution in [3.05, 3.63) is 78.2 Å². The Hall–Kier alpha value is -3.90. The highest BCUT2D eigenvalue weighted by atomic mass is 32.2. The van der Waals surface area contributed by atoms with Crippen molar-refractivity contribution in [2.45, 2.75) is 6.18 Å². The second-order valence-electron chi connectivity index (χ2n) is 7.21. The molecule has 4 rings (SSSR count). The van der Waals surface area contributed by atoms with Crippen LogP contribution in [0.5, 0.6) is 0 Å². The van der Waals surface area contributed by atoms with Gasteiger partial charge in [-0.05, 0) is 42.0 Å². The molecule has 2 aromatic carbocycles. The summed E-state index contributed by atoms with van der Waals surface area (Å²) in [5.74, 6) is -0.510. The first kappa shape index (κ1) is 23.3. The number of halogens is 3. The number of hydroxylamine groups is 1. The molecule has 0 aliphatic carbocycles. The van der Waals surface area contributed by atoms with Crippen molar-refractivity contribution in [2.24, 2.45) is 0 Å². The summed E-state index contributed by atoms with van der Waals surface area (Å²) < 4.78 is 66.2. The maximum Gasteiger partial charge on any atom is 0.417 e. The molecule has 0 spiro atoms. The van der Waals surface area contributed by atoms with E-state index in [9.17, 15) is 26.4 Å². The number of hydrogen-bond donors (Lipinski definition) is 3. The number of rotatable bonds is 6. The lowest BCUT2D eigenvalue weighted by atomic mass is 10.0. The molecule has 4 aromatic rings. The van der Waals surface area contributed by atoms with Crippen LogP contribution in [0.15, 0.2) is 67.0 Å². The zero-order valence-electron chi connectivity index (χ0n) is 17.5. The Balaban J connectivity index is 1.58. The van der Waals surface area contributed by atoms with Crippen LogP contribution in [0.25, 0.3) is 22.0 Å². The highest BCUT2D eigenvalue weighted by molar-refractivity contribution is 7.67. The van der Waals surface area contributed by atoms with Crippen molar-refractivity contribution < 1.29 is 30.7 Å². The van der Waals surface area contributed by atoms with Gasteiger partial charge in [-0.15, -0.1) is 0 Å². The first-order chi connectivity index (χ1) is 16.1. The van der Waals surface area contributed by atoms with Crippen molar-refractivity contribution in [1.82, 2.24) is 9.97 Å². The van der Waals surface area contributed by atoms with Crippen LogP contribution in [-0.4, -0.2) is 31.3 Å². The smallest absolute Gasteiger partial charge is 0.350 e. The summed E-state index contributed by atoms with van der Waals surface area (Å²) in [4.78, 5) is 19.5. The Labute approximate surface area is 193 Å². The maximum atomic E-state index is 13.4. The fraction of sp³-hybridized carbons (Fsp3) is 0.0909. The Kier molecular flexibility index (Phi) is 6.26. The van der Waals surface area contributed by atoms with Gasteiger partial charge in [-0.3, -0.25) is 9.78 Å². The molecule has 2 aromatic heterocycles. The van der Waals surface area contributed by atoms with Gasteiger partial charge in [0.2, 0.25) is 0 Å². The average Bonchev–Trinajstić information content (AvgIpc) is 3.22. The minimum atomic E-state index is -4.55. The van der Waals surface area contributed by atoms with Crippen molar-refractivity contribution in [2.75, 3.05) is 17.4 Å². The van der Waals surface area contributed by atoms with Crippen LogP contribution < -0.4 is 10.4 Å². The number of amides is 1. The average molecular weight is 490 g/mol. The molecule has 2 N–H and O–H groups in total. The number of H-pyrrole nitrogens is 1. The van der Waals surface area contributed by atoms with Gasteiger partial charge in [0, 0.05) is 41.6 Å². The summed E-state index contributed by atoms with van der Waals surface area (Å²) >= 11 is 0. The van der Waals surface area contributed by atoms with E-state index in [2.05, 4.69) is 19.6 Å². The van der Waals surface area contributed by atoms with E-state index in [1.807, 2.05) is 0 Å². The Bertz CT molecular complexity index is 1440. The number of nitrogens with zero attached hydrogens (tertiary/aromatic N) is 2. The largest absolute Gasteiger partial charge is 0.417 e. The second-order valence-corrected chi connectivity index (χ2v) is 7.82. The number of alkyl halides is 3. The zero-order valence-corrected chi connectivity index (χ0v) is 18.4. The molecule has 0 atom stereocenters. The SMILES string of the molecule is CN(O[SH](=O)=O)c1ccc2cc(C(=O)Nc3cccc(-c4cnccc4C(F)(F)F)c3)[nH]c2c1. The number of thiol groups is 1. The minimum Gasteiger partial charge on any atom is -0.350 e. The van der Waals surface area contributed by atoms with E-state index in [1.165, 1.54) is 25.2 Å². The third-order valence-electron chi connectivity index (χ3n) is 4.96. The van der Waals surface area contributed by atoms with Gasteiger partial charge in [-0.25, -0.2) is 13.5 Å². The number of benzene rings is 2. The van der Waals surface area contributed by atoms with Gasteiger partial charge >= 0.3 is 6.18 Å². The number of carbonyl (C=O) groups is 1. The van der Waals surface area contributed by atoms with Crippen molar-refractivity contribution in [3.8, 4) is 11.1 Å². The predicted molar refractivity (Wildman–Crippen MR) is 121 cm³/mol. The van der Waals surface area contributed by atoms with Gasteiger partial charge < -0.3 is 10.3 Å². The molecule has 12 heteroatoms. The van der Waals surface area contributed by atoms with Crippen LogP contribution in [0.2, 0.25) is 0 Å². The fourth-order valence-electron chi connectivity index (χ4n) is 3.41. The number of anilines is 2. The van der Waals surface area contributed by atoms with E-state index in [0.717, 1.165) is 23.5 Å². The van der Waals surface area contributed by atoms with Crippen LogP contribution in [0.4, 0.5) is 24.5 Å². The quantitative estimate of drug-likeness (QED) is 0.274. The van der Waals surface area contributed by atoms with Gasteiger partial charge in [0.05, 0.1) is 11.3 Å². The number of aromatic amines is 1. The van der Waals surface area contributed by atoms with Crippen LogP contribution >= 0.6 is 0 Å². The first-order valence-corrected chi connectivity index (χ1v) is 10.8. The molecule has 0 aliphatic rings. The number of nitrogens with one attached hydrogen (secondary N) is 2. The molecule has 0 saturated carbocycles. The van der Waals surface area contributed by atoms with Gasteiger partial charge in [-0.2, -0.15) is 17.5 Å². The molecule has 0 unspecified atom stereocenters. The predicted octanol–water partition coefficient (Wildman–Crippen LogP) is 4.40. The van der Waals surface area contributed by atoms with Gasteiger partial charge in [0.25, 0.3) is 16.9 Å². The van der Waals surface area contributed by atoms with Crippen molar-refractivity contribution in [1.29, 1.82) is 0 Å². The molecule has 2 heterocycles. The molecular weight excluding hydrogens is 473 g/mol. The molecule has 0 saturated heterocycles. The number of hydrogen-bond acceptors (Lipinski definition) is 6. The molecule has 34 heavy (non-hydrogen) atoms. The number of pyridine rings is 1. The van der Waals surface area contributed by atoms with Crippen LogP contribution in [-0.2, 0) is 21.4 Å². The molecule has 176 valence electrons. The van der Waals surface area contributed by atoms with E-state index < -0.39 is 28.6 Å².